The van der Waals surface area contributed by atoms with Gasteiger partial charge in [0.2, 0.25) is 0 Å². The zero-order valence-corrected chi connectivity index (χ0v) is 13.4. The normalized spacial score (nSPS) is 17.4. The molecular formula is C16H14S3. The predicted octanol–water partition coefficient (Wildman–Crippen LogP) is 6.13. The molecule has 0 aromatic carbocycles. The summed E-state index contributed by atoms with van der Waals surface area (Å²) in [6.07, 6.45) is 7.99. The molecule has 0 saturated heterocycles. The molecule has 0 unspecified atom stereocenters. The van der Waals surface area contributed by atoms with E-state index in [-0.39, 0.29) is 0 Å². The summed E-state index contributed by atoms with van der Waals surface area (Å²) < 4.78 is 0. The van der Waals surface area contributed by atoms with Gasteiger partial charge in [-0.3, -0.25) is 0 Å². The largest absolute Gasteiger partial charge is 0.110 e. The summed E-state index contributed by atoms with van der Waals surface area (Å²) in [4.78, 5) is 6.69. The molecule has 2 heterocycles. The Hall–Kier alpha value is -0.950. The Kier molecular flexibility index (Phi) is 4.93. The van der Waals surface area contributed by atoms with Crippen molar-refractivity contribution >= 4 is 35.3 Å². The molecule has 19 heavy (non-hydrogen) atoms. The van der Waals surface area contributed by atoms with Crippen LogP contribution in [-0.2, 0) is 0 Å². The van der Waals surface area contributed by atoms with Crippen LogP contribution in [0.25, 0.3) is 0 Å². The van der Waals surface area contributed by atoms with Crippen molar-refractivity contribution in [3.8, 4) is 0 Å². The van der Waals surface area contributed by atoms with Gasteiger partial charge in [0.1, 0.15) is 0 Å². The molecule has 0 aromatic rings. The molecule has 0 radical (unpaired) electrons. The molecule has 0 N–H and O–H groups in total. The Morgan fingerprint density at radius 3 is 2.47 bits per heavy atom. The first-order chi connectivity index (χ1) is 9.06. The molecule has 3 heteroatoms. The number of thioether (sulfide) groups is 3. The highest BCUT2D eigenvalue weighted by Crippen LogP contribution is 2.44. The molecule has 0 fully saturated rings. The van der Waals surface area contributed by atoms with Gasteiger partial charge in [0.15, 0.2) is 0 Å². The summed E-state index contributed by atoms with van der Waals surface area (Å²) in [6.45, 7) is 12.4. The molecule has 0 amide bonds. The first-order valence-corrected chi connectivity index (χ1v) is 8.20. The molecule has 0 spiro atoms. The monoisotopic (exact) mass is 302 g/mol. The summed E-state index contributed by atoms with van der Waals surface area (Å²) in [5.41, 5.74) is 6.39. The molecule has 0 atom stereocenters. The van der Waals surface area contributed by atoms with Crippen LogP contribution in [0.15, 0.2) is 78.4 Å². The maximum Gasteiger partial charge on any atom is 0.0671 e. The fourth-order valence-corrected chi connectivity index (χ4v) is 3.98. The molecule has 96 valence electrons. The molecule has 2 aliphatic rings. The van der Waals surface area contributed by atoms with Crippen LogP contribution < -0.4 is 0 Å². The number of rotatable bonds is 4. The van der Waals surface area contributed by atoms with Gasteiger partial charge in [-0.05, 0) is 43.1 Å². The number of allylic oxidation sites excluding steroid dienone is 4. The van der Waals surface area contributed by atoms with Gasteiger partial charge in [-0.25, -0.2) is 0 Å². The van der Waals surface area contributed by atoms with Gasteiger partial charge >= 0.3 is 0 Å². The lowest BCUT2D eigenvalue weighted by atomic mass is 10.4. The quantitative estimate of drug-likeness (QED) is 0.574. The zero-order chi connectivity index (χ0) is 13.8. The van der Waals surface area contributed by atoms with Crippen LogP contribution >= 0.6 is 35.3 Å². The average Bonchev–Trinajstić information content (AvgIpc) is 2.38. The maximum atomic E-state index is 4.14. The minimum absolute atomic E-state index is 0.997. The first kappa shape index (κ1) is 14.5. The van der Waals surface area contributed by atoms with E-state index >= 15 is 0 Å². The highest BCUT2D eigenvalue weighted by atomic mass is 32.2. The number of hydrogen-bond acceptors (Lipinski definition) is 3. The standard InChI is InChI=1S/C16H14S3/c1-11-7-5-9-15(17-11)13(3)19-14(4)16-10-6-8-12(2)18-16/h5-7,10H,3-4H2,1-2H3. The lowest BCUT2D eigenvalue weighted by Crippen LogP contribution is -1.86. The Labute approximate surface area is 127 Å². The van der Waals surface area contributed by atoms with Gasteiger partial charge in [-0.15, -0.1) is 11.5 Å². The van der Waals surface area contributed by atoms with Crippen LogP contribution in [0.2, 0.25) is 0 Å². The maximum absolute atomic E-state index is 4.14. The van der Waals surface area contributed by atoms with Crippen LogP contribution in [-0.4, -0.2) is 0 Å². The van der Waals surface area contributed by atoms with Crippen molar-refractivity contribution in [1.29, 1.82) is 0 Å². The topological polar surface area (TPSA) is 0 Å². The first-order valence-electron chi connectivity index (χ1n) is 5.75. The Morgan fingerprint density at radius 1 is 1.05 bits per heavy atom. The Bertz CT molecular complexity index is 629. The molecule has 0 aromatic heterocycles. The third kappa shape index (κ3) is 4.01. The van der Waals surface area contributed by atoms with E-state index in [1.165, 1.54) is 9.81 Å². The summed E-state index contributed by atoms with van der Waals surface area (Å²) >= 11 is 5.02. The molecule has 0 saturated carbocycles. The van der Waals surface area contributed by atoms with Crippen LogP contribution in [0.5, 0.6) is 0 Å². The van der Waals surface area contributed by atoms with Crippen molar-refractivity contribution in [3.63, 3.8) is 0 Å². The fourth-order valence-electron chi connectivity index (χ4n) is 1.45. The van der Waals surface area contributed by atoms with E-state index in [9.17, 15) is 0 Å². The summed E-state index contributed by atoms with van der Waals surface area (Å²) in [5.74, 6) is 0. The van der Waals surface area contributed by atoms with Crippen molar-refractivity contribution in [2.24, 2.45) is 0 Å². The average molecular weight is 302 g/mol. The molecule has 0 nitrogen and oxygen atoms in total. The second-order valence-electron chi connectivity index (χ2n) is 3.97. The highest BCUT2D eigenvalue weighted by molar-refractivity contribution is 8.13. The van der Waals surface area contributed by atoms with E-state index in [4.69, 9.17) is 0 Å². The molecular weight excluding hydrogens is 288 g/mol. The van der Waals surface area contributed by atoms with Crippen molar-refractivity contribution in [2.75, 3.05) is 0 Å². The second kappa shape index (κ2) is 6.47. The smallest absolute Gasteiger partial charge is 0.0671 e. The third-order valence-electron chi connectivity index (χ3n) is 2.35. The Balaban J connectivity index is 2.01. The van der Waals surface area contributed by atoms with E-state index in [2.05, 4.69) is 44.5 Å². The minimum Gasteiger partial charge on any atom is -0.110 e. The molecule has 2 aliphatic heterocycles. The minimum atomic E-state index is 0.997. The lowest BCUT2D eigenvalue weighted by Gasteiger charge is -2.14. The lowest BCUT2D eigenvalue weighted by molar-refractivity contribution is 1.65. The zero-order valence-electron chi connectivity index (χ0n) is 10.9. The summed E-state index contributed by atoms with van der Waals surface area (Å²) in [5, 5.41) is 0. The van der Waals surface area contributed by atoms with E-state index in [0.717, 1.165) is 19.6 Å². The third-order valence-corrected chi connectivity index (χ3v) is 5.58. The summed E-state index contributed by atoms with van der Waals surface area (Å²) in [6, 6.07) is 0. The van der Waals surface area contributed by atoms with Gasteiger partial charge < -0.3 is 0 Å². The molecule has 0 bridgehead atoms. The predicted molar refractivity (Wildman–Crippen MR) is 91.8 cm³/mol. The summed E-state index contributed by atoms with van der Waals surface area (Å²) in [7, 11) is 0. The fraction of sp³-hybridized carbons (Fsp3) is 0.125. The van der Waals surface area contributed by atoms with Crippen LogP contribution in [0.1, 0.15) is 13.8 Å². The van der Waals surface area contributed by atoms with Crippen LogP contribution in [0, 0.1) is 0 Å². The van der Waals surface area contributed by atoms with E-state index in [0.29, 0.717) is 0 Å². The van der Waals surface area contributed by atoms with Crippen molar-refractivity contribution in [1.82, 2.24) is 0 Å². The van der Waals surface area contributed by atoms with Gasteiger partial charge in [0, 0.05) is 19.6 Å². The SMILES string of the molecule is C=C(SC(=C)C1=CC=C=C(C)S1)C1=C=CC=C(C)S1. The van der Waals surface area contributed by atoms with Crippen molar-refractivity contribution < 1.29 is 0 Å². The van der Waals surface area contributed by atoms with E-state index in [1.807, 2.05) is 18.2 Å². The van der Waals surface area contributed by atoms with E-state index < -0.39 is 0 Å². The molecule has 2 rings (SSSR count). The Morgan fingerprint density at radius 2 is 1.79 bits per heavy atom. The number of hydrogen-bond donors (Lipinski definition) is 0. The van der Waals surface area contributed by atoms with E-state index in [1.54, 1.807) is 35.3 Å². The van der Waals surface area contributed by atoms with Gasteiger partial charge in [0.05, 0.1) is 4.91 Å². The van der Waals surface area contributed by atoms with Crippen molar-refractivity contribution in [3.05, 3.63) is 78.4 Å². The highest BCUT2D eigenvalue weighted by Gasteiger charge is 2.13. The molecule has 0 aliphatic carbocycles. The van der Waals surface area contributed by atoms with Gasteiger partial charge in [-0.1, -0.05) is 48.4 Å². The van der Waals surface area contributed by atoms with Crippen molar-refractivity contribution in [2.45, 2.75) is 13.8 Å². The van der Waals surface area contributed by atoms with Gasteiger partial charge in [0.25, 0.3) is 0 Å². The van der Waals surface area contributed by atoms with Gasteiger partial charge in [-0.2, -0.15) is 0 Å². The van der Waals surface area contributed by atoms with Crippen LogP contribution in [0.4, 0.5) is 0 Å². The second-order valence-corrected chi connectivity index (χ2v) is 7.67. The van der Waals surface area contributed by atoms with Crippen LogP contribution in [0.3, 0.4) is 0 Å².